The first-order valence-electron chi connectivity index (χ1n) is 11.1. The van der Waals surface area contributed by atoms with E-state index in [1.807, 2.05) is 42.5 Å². The van der Waals surface area contributed by atoms with E-state index < -0.39 is 11.7 Å². The minimum absolute atomic E-state index is 0.173. The summed E-state index contributed by atoms with van der Waals surface area (Å²) in [5.41, 5.74) is 3.89. The molecule has 0 aliphatic rings. The topological polar surface area (TPSA) is 57.8 Å². The first-order chi connectivity index (χ1) is 17.3. The van der Waals surface area contributed by atoms with Crippen molar-refractivity contribution in [3.05, 3.63) is 107 Å². The van der Waals surface area contributed by atoms with Gasteiger partial charge < -0.3 is 10.3 Å². The summed E-state index contributed by atoms with van der Waals surface area (Å²) in [5, 5.41) is 5.44. The lowest BCUT2D eigenvalue weighted by Crippen LogP contribution is -2.21. The quantitative estimate of drug-likeness (QED) is 0.245. The highest BCUT2D eigenvalue weighted by molar-refractivity contribution is 6.30. The number of pyridine rings is 1. The number of H-pyrrole nitrogens is 1. The van der Waals surface area contributed by atoms with Gasteiger partial charge in [-0.05, 0) is 48.0 Å². The summed E-state index contributed by atoms with van der Waals surface area (Å²) in [4.78, 5) is 20.6. The lowest BCUT2D eigenvalue weighted by molar-refractivity contribution is -0.137. The fourth-order valence-electron chi connectivity index (χ4n) is 4.00. The Morgan fingerprint density at radius 1 is 0.972 bits per heavy atom. The molecule has 8 heteroatoms. The van der Waals surface area contributed by atoms with Crippen molar-refractivity contribution in [2.75, 3.05) is 0 Å². The molecule has 2 aromatic heterocycles. The SMILES string of the molecule is O=C(/C=C/c1ccc(C(F)(F)F)cc1)NCc1cc2c([nH]c3ccccc32)c(-c2ccc(Cl)cc2)n1. The second kappa shape index (κ2) is 9.51. The molecule has 180 valence electrons. The summed E-state index contributed by atoms with van der Waals surface area (Å²) >= 11 is 6.07. The fraction of sp³-hybridized carbons (Fsp3) is 0.0714. The molecule has 0 saturated carbocycles. The molecule has 0 bridgehead atoms. The average molecular weight is 506 g/mol. The van der Waals surface area contributed by atoms with Gasteiger partial charge >= 0.3 is 6.18 Å². The van der Waals surface area contributed by atoms with Crippen LogP contribution in [0.2, 0.25) is 5.02 Å². The number of alkyl halides is 3. The summed E-state index contributed by atoms with van der Waals surface area (Å²) in [6.07, 6.45) is -1.65. The molecule has 2 N–H and O–H groups in total. The molecule has 0 fully saturated rings. The zero-order valence-electron chi connectivity index (χ0n) is 18.7. The molecule has 0 radical (unpaired) electrons. The van der Waals surface area contributed by atoms with E-state index in [0.29, 0.717) is 16.3 Å². The molecule has 5 rings (SSSR count). The maximum atomic E-state index is 12.7. The number of amides is 1. The lowest BCUT2D eigenvalue weighted by Gasteiger charge is -2.08. The predicted molar refractivity (Wildman–Crippen MR) is 136 cm³/mol. The van der Waals surface area contributed by atoms with Gasteiger partial charge in [0.1, 0.15) is 0 Å². The number of carbonyl (C=O) groups is 1. The molecule has 0 unspecified atom stereocenters. The number of carbonyl (C=O) groups excluding carboxylic acids is 1. The number of aromatic nitrogens is 2. The van der Waals surface area contributed by atoms with Crippen molar-refractivity contribution in [3.63, 3.8) is 0 Å². The summed E-state index contributed by atoms with van der Waals surface area (Å²) < 4.78 is 38.2. The number of halogens is 4. The molecule has 36 heavy (non-hydrogen) atoms. The summed E-state index contributed by atoms with van der Waals surface area (Å²) in [6, 6.07) is 21.9. The molecule has 0 spiro atoms. The molecular weight excluding hydrogens is 487 g/mol. The molecule has 0 aliphatic carbocycles. The molecule has 2 heterocycles. The molecule has 1 amide bonds. The average Bonchev–Trinajstić information content (AvgIpc) is 3.25. The number of para-hydroxylation sites is 1. The van der Waals surface area contributed by atoms with Crippen LogP contribution in [-0.2, 0) is 17.5 Å². The number of fused-ring (bicyclic) bond motifs is 3. The smallest absolute Gasteiger partial charge is 0.353 e. The van der Waals surface area contributed by atoms with Crippen molar-refractivity contribution in [2.45, 2.75) is 12.7 Å². The molecule has 0 aliphatic heterocycles. The van der Waals surface area contributed by atoms with Gasteiger partial charge in [-0.1, -0.05) is 54.1 Å². The van der Waals surface area contributed by atoms with Gasteiger partial charge in [-0.15, -0.1) is 0 Å². The highest BCUT2D eigenvalue weighted by Gasteiger charge is 2.29. The zero-order chi connectivity index (χ0) is 25.3. The third-order valence-electron chi connectivity index (χ3n) is 5.78. The normalized spacial score (nSPS) is 12.0. The standard InChI is InChI=1S/C28H19ClF3N3O/c29-20-12-8-18(9-13-20)26-27-23(22-3-1-2-4-24(22)35-27)15-21(34-26)16-33-25(36)14-7-17-5-10-19(11-6-17)28(30,31)32/h1-15,35H,16H2,(H,33,36)/b14-7+. The van der Waals surface area contributed by atoms with E-state index in [1.165, 1.54) is 24.3 Å². The van der Waals surface area contributed by atoms with Crippen LogP contribution in [0.15, 0.2) is 84.9 Å². The van der Waals surface area contributed by atoms with Gasteiger partial charge in [-0.2, -0.15) is 13.2 Å². The first kappa shape index (κ1) is 23.6. The van der Waals surface area contributed by atoms with E-state index in [4.69, 9.17) is 16.6 Å². The number of nitrogens with one attached hydrogen (secondary N) is 2. The van der Waals surface area contributed by atoms with Crippen LogP contribution in [-0.4, -0.2) is 15.9 Å². The van der Waals surface area contributed by atoms with Crippen LogP contribution in [0.4, 0.5) is 13.2 Å². The second-order valence-electron chi connectivity index (χ2n) is 8.23. The zero-order valence-corrected chi connectivity index (χ0v) is 19.5. The summed E-state index contributed by atoms with van der Waals surface area (Å²) in [5.74, 6) is -0.385. The van der Waals surface area contributed by atoms with Crippen molar-refractivity contribution in [3.8, 4) is 11.3 Å². The van der Waals surface area contributed by atoms with Crippen LogP contribution in [0.1, 0.15) is 16.8 Å². The molecule has 4 nitrogen and oxygen atoms in total. The Kier molecular flexibility index (Phi) is 6.24. The van der Waals surface area contributed by atoms with Gasteiger partial charge in [0.2, 0.25) is 5.91 Å². The van der Waals surface area contributed by atoms with Crippen LogP contribution in [0.5, 0.6) is 0 Å². The van der Waals surface area contributed by atoms with Gasteiger partial charge in [0.25, 0.3) is 0 Å². The molecular formula is C28H19ClF3N3O. The number of hydrogen-bond donors (Lipinski definition) is 2. The number of aromatic amines is 1. The van der Waals surface area contributed by atoms with Crippen LogP contribution in [0.25, 0.3) is 39.1 Å². The van der Waals surface area contributed by atoms with E-state index >= 15 is 0 Å². The molecule has 0 saturated heterocycles. The number of benzene rings is 3. The van der Waals surface area contributed by atoms with Gasteiger partial charge in [-0.25, -0.2) is 4.98 Å². The highest BCUT2D eigenvalue weighted by atomic mass is 35.5. The van der Waals surface area contributed by atoms with Crippen LogP contribution in [0, 0.1) is 0 Å². The first-order valence-corrected chi connectivity index (χ1v) is 11.5. The molecule has 0 atom stereocenters. The van der Waals surface area contributed by atoms with E-state index in [9.17, 15) is 18.0 Å². The van der Waals surface area contributed by atoms with Crippen molar-refractivity contribution in [1.29, 1.82) is 0 Å². The van der Waals surface area contributed by atoms with Crippen molar-refractivity contribution < 1.29 is 18.0 Å². The Hall–Kier alpha value is -4.10. The van der Waals surface area contributed by atoms with Gasteiger partial charge in [0, 0.05) is 33.0 Å². The van der Waals surface area contributed by atoms with Crippen LogP contribution in [0.3, 0.4) is 0 Å². The Labute approximate surface area is 209 Å². The summed E-state index contributed by atoms with van der Waals surface area (Å²) in [7, 11) is 0. The highest BCUT2D eigenvalue weighted by Crippen LogP contribution is 2.33. The van der Waals surface area contributed by atoms with Crippen molar-refractivity contribution in [2.24, 2.45) is 0 Å². The van der Waals surface area contributed by atoms with E-state index in [-0.39, 0.29) is 12.5 Å². The van der Waals surface area contributed by atoms with E-state index in [1.54, 1.807) is 12.1 Å². The monoisotopic (exact) mass is 505 g/mol. The predicted octanol–water partition coefficient (Wildman–Crippen LogP) is 7.38. The maximum absolute atomic E-state index is 12.7. The van der Waals surface area contributed by atoms with Crippen LogP contribution >= 0.6 is 11.6 Å². The largest absolute Gasteiger partial charge is 0.416 e. The van der Waals surface area contributed by atoms with Gasteiger partial charge in [0.05, 0.1) is 29.0 Å². The number of nitrogens with zero attached hydrogens (tertiary/aromatic N) is 1. The van der Waals surface area contributed by atoms with Crippen molar-refractivity contribution >= 4 is 45.4 Å². The minimum Gasteiger partial charge on any atom is -0.353 e. The number of hydrogen-bond acceptors (Lipinski definition) is 2. The molecule has 3 aromatic carbocycles. The Morgan fingerprint density at radius 3 is 2.42 bits per heavy atom. The van der Waals surface area contributed by atoms with E-state index in [0.717, 1.165) is 45.2 Å². The fourth-order valence-corrected chi connectivity index (χ4v) is 4.12. The third-order valence-corrected chi connectivity index (χ3v) is 6.03. The molecule has 5 aromatic rings. The number of rotatable bonds is 5. The lowest BCUT2D eigenvalue weighted by atomic mass is 10.1. The summed E-state index contributed by atoms with van der Waals surface area (Å²) in [6.45, 7) is 0.173. The van der Waals surface area contributed by atoms with Gasteiger partial charge in [-0.3, -0.25) is 4.79 Å². The Balaban J connectivity index is 1.40. The van der Waals surface area contributed by atoms with E-state index in [2.05, 4.69) is 10.3 Å². The van der Waals surface area contributed by atoms with Gasteiger partial charge in [0.15, 0.2) is 0 Å². The van der Waals surface area contributed by atoms with Crippen LogP contribution < -0.4 is 5.32 Å². The Morgan fingerprint density at radius 2 is 1.69 bits per heavy atom. The maximum Gasteiger partial charge on any atom is 0.416 e. The Bertz CT molecular complexity index is 1590. The van der Waals surface area contributed by atoms with Crippen molar-refractivity contribution in [1.82, 2.24) is 15.3 Å². The second-order valence-corrected chi connectivity index (χ2v) is 8.67. The minimum atomic E-state index is -4.40. The third kappa shape index (κ3) is 4.97.